The van der Waals surface area contributed by atoms with Crippen LogP contribution in [0.5, 0.6) is 0 Å². The molecular weight excluding hydrogens is 460 g/mol. The van der Waals surface area contributed by atoms with Gasteiger partial charge in [0.2, 0.25) is 11.8 Å². The number of nitrogens with one attached hydrogen (secondary N) is 2. The summed E-state index contributed by atoms with van der Waals surface area (Å²) in [7, 11) is 0. The van der Waals surface area contributed by atoms with Gasteiger partial charge in [-0.15, -0.1) is 0 Å². The van der Waals surface area contributed by atoms with Crippen LogP contribution in [0.4, 0.5) is 0 Å². The fraction of sp³-hybridized carbons (Fsp3) is 0.259. The molecule has 0 bridgehead atoms. The standard InChI is InChI=1S/C27H28N4O5/c1-18(2)15-28-24(32)14-19-9-11-20(12-10-19)31-26(34)22-7-3-4-8-23(22)30(27(31)35)17-25(33)29-16-21-6-5-13-36-21/h3-13,18H,14-17H2,1-2H3,(H,28,32)(H,29,33). The van der Waals surface area contributed by atoms with Gasteiger partial charge in [-0.3, -0.25) is 19.0 Å². The number of hydrogen-bond donors (Lipinski definition) is 2. The number of benzene rings is 2. The molecule has 0 atom stereocenters. The average Bonchev–Trinajstić information content (AvgIpc) is 3.39. The van der Waals surface area contributed by atoms with Crippen molar-refractivity contribution in [3.05, 3.63) is 99.1 Å². The fourth-order valence-electron chi connectivity index (χ4n) is 3.83. The molecule has 0 saturated heterocycles. The van der Waals surface area contributed by atoms with Gasteiger partial charge in [0.25, 0.3) is 5.56 Å². The van der Waals surface area contributed by atoms with Crippen molar-refractivity contribution in [2.45, 2.75) is 33.4 Å². The molecule has 36 heavy (non-hydrogen) atoms. The third-order valence-corrected chi connectivity index (χ3v) is 5.66. The Hall–Kier alpha value is -4.40. The van der Waals surface area contributed by atoms with E-state index in [9.17, 15) is 19.2 Å². The molecule has 9 heteroatoms. The van der Waals surface area contributed by atoms with E-state index in [1.807, 2.05) is 13.8 Å². The van der Waals surface area contributed by atoms with Gasteiger partial charge >= 0.3 is 5.69 Å². The molecule has 9 nitrogen and oxygen atoms in total. The number of carbonyl (C=O) groups excluding carboxylic acids is 2. The minimum Gasteiger partial charge on any atom is -0.467 e. The highest BCUT2D eigenvalue weighted by atomic mass is 16.3. The minimum absolute atomic E-state index is 0.0951. The van der Waals surface area contributed by atoms with Crippen LogP contribution in [0.15, 0.2) is 80.9 Å². The Morgan fingerprint density at radius 1 is 0.917 bits per heavy atom. The summed E-state index contributed by atoms with van der Waals surface area (Å²) in [6, 6.07) is 16.8. The molecule has 4 rings (SSSR count). The topological polar surface area (TPSA) is 115 Å². The number of hydrogen-bond acceptors (Lipinski definition) is 5. The van der Waals surface area contributed by atoms with Crippen LogP contribution in [0.2, 0.25) is 0 Å². The van der Waals surface area contributed by atoms with E-state index < -0.39 is 17.2 Å². The Morgan fingerprint density at radius 3 is 2.36 bits per heavy atom. The van der Waals surface area contributed by atoms with Crippen molar-refractivity contribution in [2.24, 2.45) is 5.92 Å². The second-order valence-electron chi connectivity index (χ2n) is 8.92. The van der Waals surface area contributed by atoms with Crippen LogP contribution in [0.3, 0.4) is 0 Å². The third-order valence-electron chi connectivity index (χ3n) is 5.66. The predicted molar refractivity (Wildman–Crippen MR) is 136 cm³/mol. The molecule has 0 spiro atoms. The Morgan fingerprint density at radius 2 is 1.67 bits per heavy atom. The summed E-state index contributed by atoms with van der Waals surface area (Å²) in [5.74, 6) is 0.447. The van der Waals surface area contributed by atoms with Gasteiger partial charge in [-0.05, 0) is 47.9 Å². The normalized spacial score (nSPS) is 11.1. The first-order valence-corrected chi connectivity index (χ1v) is 11.7. The molecule has 0 radical (unpaired) electrons. The van der Waals surface area contributed by atoms with Gasteiger partial charge in [-0.1, -0.05) is 38.1 Å². The van der Waals surface area contributed by atoms with E-state index >= 15 is 0 Å². The van der Waals surface area contributed by atoms with Crippen LogP contribution >= 0.6 is 0 Å². The number of rotatable bonds is 9. The summed E-state index contributed by atoms with van der Waals surface area (Å²) in [5.41, 5.74) is 0.369. The van der Waals surface area contributed by atoms with Crippen molar-refractivity contribution >= 4 is 22.7 Å². The monoisotopic (exact) mass is 488 g/mol. The molecule has 2 amide bonds. The summed E-state index contributed by atoms with van der Waals surface area (Å²) in [6.07, 6.45) is 1.71. The lowest BCUT2D eigenvalue weighted by molar-refractivity contribution is -0.122. The number of aromatic nitrogens is 2. The van der Waals surface area contributed by atoms with Crippen LogP contribution in [0.1, 0.15) is 25.2 Å². The van der Waals surface area contributed by atoms with Crippen LogP contribution < -0.4 is 21.9 Å². The highest BCUT2D eigenvalue weighted by molar-refractivity contribution is 5.82. The smallest absolute Gasteiger partial charge is 0.336 e. The zero-order chi connectivity index (χ0) is 25.7. The highest BCUT2D eigenvalue weighted by Crippen LogP contribution is 2.12. The molecule has 0 aliphatic rings. The van der Waals surface area contributed by atoms with E-state index in [-0.39, 0.29) is 25.4 Å². The first-order chi connectivity index (χ1) is 17.3. The maximum Gasteiger partial charge on any atom is 0.336 e. The molecule has 4 aromatic rings. The quantitative estimate of drug-likeness (QED) is 0.375. The van der Waals surface area contributed by atoms with Crippen molar-refractivity contribution in [2.75, 3.05) is 6.54 Å². The van der Waals surface area contributed by atoms with Crippen LogP contribution in [-0.2, 0) is 29.1 Å². The minimum atomic E-state index is -0.630. The number of fused-ring (bicyclic) bond motifs is 1. The molecule has 2 N–H and O–H groups in total. The summed E-state index contributed by atoms with van der Waals surface area (Å²) >= 11 is 0. The highest BCUT2D eigenvalue weighted by Gasteiger charge is 2.17. The molecule has 2 aromatic heterocycles. The summed E-state index contributed by atoms with van der Waals surface area (Å²) in [6.45, 7) is 4.55. The van der Waals surface area contributed by atoms with E-state index in [1.165, 1.54) is 10.8 Å². The molecule has 0 fully saturated rings. The van der Waals surface area contributed by atoms with E-state index in [1.54, 1.807) is 60.7 Å². The van der Waals surface area contributed by atoms with E-state index in [0.29, 0.717) is 34.8 Å². The van der Waals surface area contributed by atoms with E-state index in [2.05, 4.69) is 10.6 Å². The maximum atomic E-state index is 13.4. The zero-order valence-electron chi connectivity index (χ0n) is 20.2. The van der Waals surface area contributed by atoms with Crippen molar-refractivity contribution in [3.63, 3.8) is 0 Å². The van der Waals surface area contributed by atoms with Gasteiger partial charge in [-0.2, -0.15) is 0 Å². The Balaban J connectivity index is 1.63. The lowest BCUT2D eigenvalue weighted by Crippen LogP contribution is -2.41. The van der Waals surface area contributed by atoms with Crippen molar-refractivity contribution in [3.8, 4) is 5.69 Å². The van der Waals surface area contributed by atoms with Gasteiger partial charge in [0.1, 0.15) is 12.3 Å². The lowest BCUT2D eigenvalue weighted by Gasteiger charge is -2.14. The lowest BCUT2D eigenvalue weighted by atomic mass is 10.1. The van der Waals surface area contributed by atoms with Gasteiger partial charge in [0, 0.05) is 6.54 Å². The second kappa shape index (κ2) is 10.9. The Bertz CT molecular complexity index is 1480. The number of para-hydroxylation sites is 1. The number of furan rings is 1. The third kappa shape index (κ3) is 5.63. The zero-order valence-corrected chi connectivity index (χ0v) is 20.2. The van der Waals surface area contributed by atoms with Crippen LogP contribution in [-0.4, -0.2) is 27.5 Å². The van der Waals surface area contributed by atoms with Gasteiger partial charge in [-0.25, -0.2) is 9.36 Å². The number of amides is 2. The fourth-order valence-corrected chi connectivity index (χ4v) is 3.83. The van der Waals surface area contributed by atoms with Gasteiger partial charge < -0.3 is 15.1 Å². The molecule has 186 valence electrons. The largest absolute Gasteiger partial charge is 0.467 e. The molecule has 0 saturated carbocycles. The maximum absolute atomic E-state index is 13.4. The second-order valence-corrected chi connectivity index (χ2v) is 8.92. The van der Waals surface area contributed by atoms with Gasteiger partial charge in [0.15, 0.2) is 0 Å². The van der Waals surface area contributed by atoms with Crippen molar-refractivity contribution in [1.29, 1.82) is 0 Å². The Kier molecular flexibility index (Phi) is 7.48. The molecule has 2 aromatic carbocycles. The SMILES string of the molecule is CC(C)CNC(=O)Cc1ccc(-n2c(=O)c3ccccc3n(CC(=O)NCc3ccco3)c2=O)cc1. The van der Waals surface area contributed by atoms with Crippen LogP contribution in [0.25, 0.3) is 16.6 Å². The van der Waals surface area contributed by atoms with Gasteiger partial charge in [0.05, 0.1) is 35.8 Å². The van der Waals surface area contributed by atoms with Crippen LogP contribution in [0, 0.1) is 5.92 Å². The average molecular weight is 489 g/mol. The number of carbonyl (C=O) groups is 2. The Labute approximate surface area is 207 Å². The summed E-state index contributed by atoms with van der Waals surface area (Å²) in [4.78, 5) is 51.5. The predicted octanol–water partition coefficient (Wildman–Crippen LogP) is 2.38. The molecule has 2 heterocycles. The first kappa shape index (κ1) is 24.7. The van der Waals surface area contributed by atoms with Crippen molar-refractivity contribution in [1.82, 2.24) is 19.8 Å². The first-order valence-electron chi connectivity index (χ1n) is 11.7. The van der Waals surface area contributed by atoms with Crippen molar-refractivity contribution < 1.29 is 14.0 Å². The number of nitrogens with zero attached hydrogens (tertiary/aromatic N) is 2. The molecular formula is C27H28N4O5. The summed E-state index contributed by atoms with van der Waals surface area (Å²) < 4.78 is 7.55. The van der Waals surface area contributed by atoms with E-state index in [0.717, 1.165) is 10.1 Å². The molecule has 0 aliphatic heterocycles. The summed E-state index contributed by atoms with van der Waals surface area (Å²) in [5, 5.41) is 5.91. The molecule has 0 aliphatic carbocycles. The molecule has 0 unspecified atom stereocenters. The van der Waals surface area contributed by atoms with E-state index in [4.69, 9.17) is 4.42 Å².